The normalized spacial score (nSPS) is 16.4. The highest BCUT2D eigenvalue weighted by molar-refractivity contribution is 6.04. The van der Waals surface area contributed by atoms with E-state index in [0.29, 0.717) is 12.8 Å². The summed E-state index contributed by atoms with van der Waals surface area (Å²) < 4.78 is 0. The minimum Gasteiger partial charge on any atom is -0.480 e. The monoisotopic (exact) mass is 309 g/mol. The van der Waals surface area contributed by atoms with Crippen molar-refractivity contribution < 1.29 is 14.7 Å². The maximum atomic E-state index is 12.1. The van der Waals surface area contributed by atoms with Crippen LogP contribution >= 0.6 is 0 Å². The third kappa shape index (κ3) is 2.97. The molecule has 118 valence electrons. The van der Waals surface area contributed by atoms with Gasteiger partial charge < -0.3 is 10.4 Å². The SMILES string of the molecule is CC(NC(=O)C1(C(=O)O)CC1)c1ccc(-c2ccccc2)cc1. The molecule has 1 unspecified atom stereocenters. The van der Waals surface area contributed by atoms with Gasteiger partial charge in [-0.05, 0) is 36.5 Å². The summed E-state index contributed by atoms with van der Waals surface area (Å²) in [6.07, 6.45) is 0.849. The Bertz CT molecular complexity index is 718. The van der Waals surface area contributed by atoms with Crippen LogP contribution in [0.4, 0.5) is 0 Å². The first-order chi connectivity index (χ1) is 11.0. The van der Waals surface area contributed by atoms with Gasteiger partial charge in [-0.15, -0.1) is 0 Å². The average Bonchev–Trinajstić information content (AvgIpc) is 3.38. The Labute approximate surface area is 135 Å². The number of carbonyl (C=O) groups excluding carboxylic acids is 1. The van der Waals surface area contributed by atoms with Crippen LogP contribution in [0.1, 0.15) is 31.4 Å². The van der Waals surface area contributed by atoms with Gasteiger partial charge in [-0.3, -0.25) is 9.59 Å². The molecule has 0 heterocycles. The van der Waals surface area contributed by atoms with Crippen LogP contribution in [0.5, 0.6) is 0 Å². The van der Waals surface area contributed by atoms with Gasteiger partial charge in [-0.25, -0.2) is 0 Å². The first-order valence-electron chi connectivity index (χ1n) is 7.73. The quantitative estimate of drug-likeness (QED) is 0.832. The van der Waals surface area contributed by atoms with Crippen LogP contribution in [0.25, 0.3) is 11.1 Å². The van der Waals surface area contributed by atoms with Gasteiger partial charge in [0, 0.05) is 0 Å². The van der Waals surface area contributed by atoms with Crippen LogP contribution in [0.2, 0.25) is 0 Å². The predicted octanol–water partition coefficient (Wildman–Crippen LogP) is 3.40. The highest BCUT2D eigenvalue weighted by Gasteiger charge is 2.57. The lowest BCUT2D eigenvalue weighted by Crippen LogP contribution is -2.38. The number of amides is 1. The number of nitrogens with one attached hydrogen (secondary N) is 1. The molecule has 23 heavy (non-hydrogen) atoms. The maximum Gasteiger partial charge on any atom is 0.319 e. The van der Waals surface area contributed by atoms with Crippen molar-refractivity contribution in [3.8, 4) is 11.1 Å². The molecule has 1 aliphatic carbocycles. The molecule has 2 N–H and O–H groups in total. The van der Waals surface area contributed by atoms with Crippen molar-refractivity contribution in [1.29, 1.82) is 0 Å². The second kappa shape index (κ2) is 5.88. The van der Waals surface area contributed by atoms with Crippen molar-refractivity contribution in [3.63, 3.8) is 0 Å². The van der Waals surface area contributed by atoms with E-state index in [1.165, 1.54) is 0 Å². The number of benzene rings is 2. The molecule has 4 heteroatoms. The molecular formula is C19H19NO3. The van der Waals surface area contributed by atoms with Crippen molar-refractivity contribution in [3.05, 3.63) is 60.2 Å². The fourth-order valence-corrected chi connectivity index (χ4v) is 2.68. The summed E-state index contributed by atoms with van der Waals surface area (Å²) in [6, 6.07) is 17.8. The minimum absolute atomic E-state index is 0.218. The van der Waals surface area contributed by atoms with Crippen LogP contribution < -0.4 is 5.32 Å². The lowest BCUT2D eigenvalue weighted by atomic mass is 10.0. The lowest BCUT2D eigenvalue weighted by molar-refractivity contribution is -0.149. The molecule has 3 rings (SSSR count). The van der Waals surface area contributed by atoms with Crippen LogP contribution in [-0.4, -0.2) is 17.0 Å². The molecule has 0 saturated heterocycles. The Morgan fingerprint density at radius 3 is 2.09 bits per heavy atom. The molecule has 0 bridgehead atoms. The Kier molecular flexibility index (Phi) is 3.90. The molecule has 0 radical (unpaired) electrons. The zero-order chi connectivity index (χ0) is 16.4. The largest absolute Gasteiger partial charge is 0.480 e. The summed E-state index contributed by atoms with van der Waals surface area (Å²) in [4.78, 5) is 23.3. The van der Waals surface area contributed by atoms with Gasteiger partial charge in [-0.2, -0.15) is 0 Å². The van der Waals surface area contributed by atoms with E-state index < -0.39 is 11.4 Å². The second-order valence-electron chi connectivity index (χ2n) is 6.07. The fraction of sp³-hybridized carbons (Fsp3) is 0.263. The smallest absolute Gasteiger partial charge is 0.319 e. The van der Waals surface area contributed by atoms with E-state index in [4.69, 9.17) is 5.11 Å². The number of carboxylic acid groups (broad SMARTS) is 1. The molecule has 0 spiro atoms. The number of hydrogen-bond acceptors (Lipinski definition) is 2. The highest BCUT2D eigenvalue weighted by atomic mass is 16.4. The lowest BCUT2D eigenvalue weighted by Gasteiger charge is -2.18. The number of aliphatic carboxylic acids is 1. The molecular weight excluding hydrogens is 290 g/mol. The summed E-state index contributed by atoms with van der Waals surface area (Å²) in [7, 11) is 0. The molecule has 1 atom stereocenters. The predicted molar refractivity (Wildman–Crippen MR) is 87.7 cm³/mol. The molecule has 1 saturated carbocycles. The summed E-state index contributed by atoms with van der Waals surface area (Å²) in [6.45, 7) is 1.87. The molecule has 0 aromatic heterocycles. The zero-order valence-corrected chi connectivity index (χ0v) is 13.0. The van der Waals surface area contributed by atoms with E-state index in [-0.39, 0.29) is 11.9 Å². The van der Waals surface area contributed by atoms with Gasteiger partial charge >= 0.3 is 5.97 Å². The summed E-state index contributed by atoms with van der Waals surface area (Å²) in [5.74, 6) is -1.41. The Morgan fingerprint density at radius 1 is 1.00 bits per heavy atom. The van der Waals surface area contributed by atoms with Gasteiger partial charge in [0.05, 0.1) is 6.04 Å². The summed E-state index contributed by atoms with van der Waals surface area (Å²) in [5.41, 5.74) is 2.01. The number of carboxylic acids is 1. The van der Waals surface area contributed by atoms with Crippen molar-refractivity contribution in [2.24, 2.45) is 5.41 Å². The minimum atomic E-state index is -1.20. The van der Waals surface area contributed by atoms with Gasteiger partial charge in [0.15, 0.2) is 0 Å². The van der Waals surface area contributed by atoms with Gasteiger partial charge in [0.25, 0.3) is 0 Å². The molecule has 4 nitrogen and oxygen atoms in total. The average molecular weight is 309 g/mol. The molecule has 2 aromatic rings. The zero-order valence-electron chi connectivity index (χ0n) is 13.0. The summed E-state index contributed by atoms with van der Waals surface area (Å²) >= 11 is 0. The second-order valence-corrected chi connectivity index (χ2v) is 6.07. The van der Waals surface area contributed by atoms with Crippen LogP contribution in [0.3, 0.4) is 0 Å². The molecule has 1 amide bonds. The number of hydrogen-bond donors (Lipinski definition) is 2. The van der Waals surface area contributed by atoms with E-state index in [0.717, 1.165) is 16.7 Å². The van der Waals surface area contributed by atoms with E-state index in [2.05, 4.69) is 5.32 Å². The van der Waals surface area contributed by atoms with Gasteiger partial charge in [0.1, 0.15) is 5.41 Å². The van der Waals surface area contributed by atoms with E-state index >= 15 is 0 Å². The van der Waals surface area contributed by atoms with Crippen LogP contribution in [-0.2, 0) is 9.59 Å². The summed E-state index contributed by atoms with van der Waals surface area (Å²) in [5, 5.41) is 12.0. The topological polar surface area (TPSA) is 66.4 Å². The standard InChI is InChI=1S/C19H19NO3/c1-13(20-17(21)19(11-12-19)18(22)23)14-7-9-16(10-8-14)15-5-3-2-4-6-15/h2-10,13H,11-12H2,1H3,(H,20,21)(H,22,23). The Balaban J connectivity index is 1.70. The van der Waals surface area contributed by atoms with E-state index in [9.17, 15) is 9.59 Å². The molecule has 0 aliphatic heterocycles. The van der Waals surface area contributed by atoms with Gasteiger partial charge in [-0.1, -0.05) is 54.6 Å². The number of rotatable bonds is 5. The highest BCUT2D eigenvalue weighted by Crippen LogP contribution is 2.46. The number of carbonyl (C=O) groups is 2. The van der Waals surface area contributed by atoms with E-state index in [1.807, 2.05) is 61.5 Å². The third-order valence-electron chi connectivity index (χ3n) is 4.46. The van der Waals surface area contributed by atoms with Crippen molar-refractivity contribution in [1.82, 2.24) is 5.32 Å². The van der Waals surface area contributed by atoms with Crippen LogP contribution in [0.15, 0.2) is 54.6 Å². The fourth-order valence-electron chi connectivity index (χ4n) is 2.68. The molecule has 1 aliphatic rings. The van der Waals surface area contributed by atoms with Crippen molar-refractivity contribution in [2.45, 2.75) is 25.8 Å². The van der Waals surface area contributed by atoms with Crippen molar-refractivity contribution in [2.75, 3.05) is 0 Å². The first kappa shape index (κ1) is 15.3. The molecule has 1 fully saturated rings. The third-order valence-corrected chi connectivity index (χ3v) is 4.46. The van der Waals surface area contributed by atoms with Crippen molar-refractivity contribution >= 4 is 11.9 Å². The molecule has 2 aromatic carbocycles. The van der Waals surface area contributed by atoms with E-state index in [1.54, 1.807) is 0 Å². The maximum absolute atomic E-state index is 12.1. The Morgan fingerprint density at radius 2 is 1.57 bits per heavy atom. The first-order valence-corrected chi connectivity index (χ1v) is 7.73. The van der Waals surface area contributed by atoms with Crippen LogP contribution in [0, 0.1) is 5.41 Å². The van der Waals surface area contributed by atoms with Gasteiger partial charge in [0.2, 0.25) is 5.91 Å². The Hall–Kier alpha value is -2.62.